The maximum Gasteiger partial charge on any atom is 0.254 e. The number of amides is 1. The zero-order valence-electron chi connectivity index (χ0n) is 11.8. The number of likely N-dealkylation sites (N-methyl/N-ethyl adjacent to an activating group) is 1. The largest absolute Gasteiger partial charge is 0.490 e. The van der Waals surface area contributed by atoms with E-state index < -0.39 is 0 Å². The topological polar surface area (TPSA) is 64.8 Å². The summed E-state index contributed by atoms with van der Waals surface area (Å²) < 4.78 is 11.1. The van der Waals surface area contributed by atoms with Crippen molar-refractivity contribution in [2.24, 2.45) is 5.73 Å². The molecule has 1 atom stereocenters. The summed E-state index contributed by atoms with van der Waals surface area (Å²) in [6, 6.07) is 5.29. The van der Waals surface area contributed by atoms with Crippen LogP contribution in [0, 0.1) is 0 Å². The molecular formula is C14H21ClN2O3. The molecule has 1 amide bonds. The van der Waals surface area contributed by atoms with Gasteiger partial charge in [-0.15, -0.1) is 12.4 Å². The zero-order valence-corrected chi connectivity index (χ0v) is 12.6. The molecule has 2 N–H and O–H groups in total. The lowest BCUT2D eigenvalue weighted by molar-refractivity contribution is 0.0748. The first-order valence-corrected chi connectivity index (χ1v) is 6.50. The van der Waals surface area contributed by atoms with Crippen molar-refractivity contribution < 1.29 is 14.3 Å². The van der Waals surface area contributed by atoms with Crippen molar-refractivity contribution in [3.63, 3.8) is 0 Å². The van der Waals surface area contributed by atoms with Crippen LogP contribution >= 0.6 is 12.4 Å². The molecule has 2 rings (SSSR count). The van der Waals surface area contributed by atoms with E-state index in [9.17, 15) is 4.79 Å². The van der Waals surface area contributed by atoms with Crippen LogP contribution in [0.15, 0.2) is 18.2 Å². The Bertz CT molecular complexity index is 468. The third-order valence-corrected chi connectivity index (χ3v) is 3.32. The van der Waals surface area contributed by atoms with E-state index in [2.05, 4.69) is 0 Å². The van der Waals surface area contributed by atoms with E-state index in [4.69, 9.17) is 15.2 Å². The number of carbonyl (C=O) groups excluding carboxylic acids is 1. The molecule has 20 heavy (non-hydrogen) atoms. The monoisotopic (exact) mass is 300 g/mol. The van der Waals surface area contributed by atoms with Crippen molar-refractivity contribution in [1.82, 2.24) is 4.90 Å². The number of fused-ring (bicyclic) bond motifs is 1. The number of hydrogen-bond acceptors (Lipinski definition) is 4. The minimum absolute atomic E-state index is 0. The van der Waals surface area contributed by atoms with Crippen molar-refractivity contribution in [3.8, 4) is 11.5 Å². The van der Waals surface area contributed by atoms with E-state index in [-0.39, 0.29) is 24.4 Å². The van der Waals surface area contributed by atoms with Crippen LogP contribution < -0.4 is 15.2 Å². The van der Waals surface area contributed by atoms with Gasteiger partial charge in [0, 0.05) is 31.6 Å². The van der Waals surface area contributed by atoms with Crippen LogP contribution in [-0.2, 0) is 0 Å². The highest BCUT2D eigenvalue weighted by molar-refractivity contribution is 5.95. The van der Waals surface area contributed by atoms with Crippen LogP contribution in [0.25, 0.3) is 0 Å². The molecule has 1 aliphatic rings. The Balaban J connectivity index is 0.00000200. The average Bonchev–Trinajstić information content (AvgIpc) is 2.69. The second kappa shape index (κ2) is 7.36. The minimum Gasteiger partial charge on any atom is -0.490 e. The summed E-state index contributed by atoms with van der Waals surface area (Å²) in [5, 5.41) is 0. The Morgan fingerprint density at radius 3 is 2.65 bits per heavy atom. The molecule has 112 valence electrons. The van der Waals surface area contributed by atoms with Crippen molar-refractivity contribution >= 4 is 18.3 Å². The van der Waals surface area contributed by atoms with Gasteiger partial charge in [-0.1, -0.05) is 0 Å². The summed E-state index contributed by atoms with van der Waals surface area (Å²) in [4.78, 5) is 13.9. The fraction of sp³-hybridized carbons (Fsp3) is 0.500. The summed E-state index contributed by atoms with van der Waals surface area (Å²) in [6.07, 6.45) is 0.849. The number of hydrogen-bond donors (Lipinski definition) is 1. The second-order valence-electron chi connectivity index (χ2n) is 4.71. The molecular weight excluding hydrogens is 280 g/mol. The van der Waals surface area contributed by atoms with E-state index in [1.165, 1.54) is 0 Å². The summed E-state index contributed by atoms with van der Waals surface area (Å²) >= 11 is 0. The van der Waals surface area contributed by atoms with Gasteiger partial charge in [0.25, 0.3) is 5.91 Å². The minimum atomic E-state index is -0.0615. The molecule has 0 spiro atoms. The highest BCUT2D eigenvalue weighted by atomic mass is 35.5. The van der Waals surface area contributed by atoms with Gasteiger partial charge in [-0.25, -0.2) is 0 Å². The van der Waals surface area contributed by atoms with Crippen LogP contribution in [0.4, 0.5) is 0 Å². The SMILES string of the molecule is CC(CN)N(C)C(=O)c1ccc2c(c1)OCCCO2.Cl. The van der Waals surface area contributed by atoms with E-state index in [1.807, 2.05) is 6.92 Å². The molecule has 5 nitrogen and oxygen atoms in total. The predicted molar refractivity (Wildman–Crippen MR) is 79.9 cm³/mol. The van der Waals surface area contributed by atoms with Crippen molar-refractivity contribution in [1.29, 1.82) is 0 Å². The summed E-state index contributed by atoms with van der Waals surface area (Å²) in [5.74, 6) is 1.27. The molecule has 0 bridgehead atoms. The number of halogens is 1. The molecule has 0 aromatic heterocycles. The van der Waals surface area contributed by atoms with E-state index >= 15 is 0 Å². The number of ether oxygens (including phenoxy) is 2. The number of nitrogens with two attached hydrogens (primary N) is 1. The van der Waals surface area contributed by atoms with Crippen molar-refractivity contribution in [2.75, 3.05) is 26.8 Å². The van der Waals surface area contributed by atoms with Crippen LogP contribution in [0.1, 0.15) is 23.7 Å². The van der Waals surface area contributed by atoms with E-state index in [0.29, 0.717) is 36.8 Å². The first-order valence-electron chi connectivity index (χ1n) is 6.50. The van der Waals surface area contributed by atoms with Gasteiger partial charge in [0.05, 0.1) is 13.2 Å². The first kappa shape index (κ1) is 16.6. The van der Waals surface area contributed by atoms with Crippen LogP contribution in [0.5, 0.6) is 11.5 Å². The summed E-state index contributed by atoms with van der Waals surface area (Å²) in [5.41, 5.74) is 6.17. The number of nitrogens with zero attached hydrogens (tertiary/aromatic N) is 1. The normalized spacial score (nSPS) is 14.8. The molecule has 0 saturated carbocycles. The first-order chi connectivity index (χ1) is 9.13. The lowest BCUT2D eigenvalue weighted by Gasteiger charge is -2.24. The summed E-state index contributed by atoms with van der Waals surface area (Å²) in [6.45, 7) is 3.61. The number of benzene rings is 1. The highest BCUT2D eigenvalue weighted by Crippen LogP contribution is 2.30. The quantitative estimate of drug-likeness (QED) is 0.922. The number of rotatable bonds is 3. The van der Waals surface area contributed by atoms with Gasteiger partial charge >= 0.3 is 0 Å². The highest BCUT2D eigenvalue weighted by Gasteiger charge is 2.19. The molecule has 6 heteroatoms. The molecule has 0 fully saturated rings. The fourth-order valence-corrected chi connectivity index (χ4v) is 1.86. The van der Waals surface area contributed by atoms with Gasteiger partial charge in [0.2, 0.25) is 0 Å². The molecule has 0 saturated heterocycles. The maximum absolute atomic E-state index is 12.3. The Morgan fingerprint density at radius 2 is 2.00 bits per heavy atom. The predicted octanol–water partition coefficient (Wildman–Crippen LogP) is 1.69. The van der Waals surface area contributed by atoms with Gasteiger partial charge in [-0.2, -0.15) is 0 Å². The third-order valence-electron chi connectivity index (χ3n) is 3.32. The van der Waals surface area contributed by atoms with Gasteiger partial charge < -0.3 is 20.1 Å². The van der Waals surface area contributed by atoms with Crippen molar-refractivity contribution in [2.45, 2.75) is 19.4 Å². The van der Waals surface area contributed by atoms with Crippen LogP contribution in [-0.4, -0.2) is 43.7 Å². The Labute approximate surface area is 125 Å². The van der Waals surface area contributed by atoms with Gasteiger partial charge in [-0.3, -0.25) is 4.79 Å². The van der Waals surface area contributed by atoms with Crippen LogP contribution in [0.3, 0.4) is 0 Å². The van der Waals surface area contributed by atoms with Crippen LogP contribution in [0.2, 0.25) is 0 Å². The zero-order chi connectivity index (χ0) is 13.8. The fourth-order valence-electron chi connectivity index (χ4n) is 1.86. The smallest absolute Gasteiger partial charge is 0.254 e. The second-order valence-corrected chi connectivity index (χ2v) is 4.71. The molecule has 1 unspecified atom stereocenters. The number of carbonyl (C=O) groups is 1. The van der Waals surface area contributed by atoms with Gasteiger partial charge in [0.15, 0.2) is 11.5 Å². The molecule has 0 radical (unpaired) electrons. The van der Waals surface area contributed by atoms with Gasteiger partial charge in [0.1, 0.15) is 0 Å². The maximum atomic E-state index is 12.3. The average molecular weight is 301 g/mol. The molecule has 0 aliphatic carbocycles. The summed E-state index contributed by atoms with van der Waals surface area (Å²) in [7, 11) is 1.75. The lowest BCUT2D eigenvalue weighted by Crippen LogP contribution is -2.39. The molecule has 1 aliphatic heterocycles. The van der Waals surface area contributed by atoms with E-state index in [0.717, 1.165) is 6.42 Å². The van der Waals surface area contributed by atoms with E-state index in [1.54, 1.807) is 30.1 Å². The van der Waals surface area contributed by atoms with Gasteiger partial charge in [-0.05, 0) is 25.1 Å². The molecule has 1 aromatic rings. The Kier molecular flexibility index (Phi) is 6.10. The lowest BCUT2D eigenvalue weighted by atomic mass is 10.1. The van der Waals surface area contributed by atoms with Crippen molar-refractivity contribution in [3.05, 3.63) is 23.8 Å². The molecule has 1 aromatic carbocycles. The molecule has 1 heterocycles. The third kappa shape index (κ3) is 3.55. The Morgan fingerprint density at radius 1 is 1.35 bits per heavy atom. The standard InChI is InChI=1S/C14H20N2O3.ClH/c1-10(9-15)16(2)14(17)11-4-5-12-13(8-11)19-7-3-6-18-12;/h4-5,8,10H,3,6-7,9,15H2,1-2H3;1H. The Hall–Kier alpha value is -1.46.